The first-order valence-electron chi connectivity index (χ1n) is 7.89. The fraction of sp³-hybridized carbons (Fsp3) is 0.158. The lowest BCUT2D eigenvalue weighted by Crippen LogP contribution is -2.04. The summed E-state index contributed by atoms with van der Waals surface area (Å²) >= 11 is 0. The molecule has 0 radical (unpaired) electrons. The Morgan fingerprint density at radius 3 is 2.58 bits per heavy atom. The largest absolute Gasteiger partial charge is 0.463 e. The van der Waals surface area contributed by atoms with Crippen molar-refractivity contribution in [2.45, 2.75) is 13.1 Å². The van der Waals surface area contributed by atoms with E-state index < -0.39 is 17.7 Å². The van der Waals surface area contributed by atoms with Crippen LogP contribution in [0.2, 0.25) is 0 Å². The maximum Gasteiger partial charge on any atom is 0.416 e. The second-order valence-corrected chi connectivity index (χ2v) is 5.43. The van der Waals surface area contributed by atoms with Crippen molar-refractivity contribution in [1.82, 2.24) is 9.38 Å². The molecule has 0 atom stereocenters. The number of carbonyl (C=O) groups is 1. The number of imidazole rings is 1. The molecule has 2 aromatic heterocycles. The molecular formula is C19H15F3N2O2. The van der Waals surface area contributed by atoms with Crippen LogP contribution in [0.5, 0.6) is 0 Å². The van der Waals surface area contributed by atoms with Crippen molar-refractivity contribution >= 4 is 17.6 Å². The van der Waals surface area contributed by atoms with E-state index in [0.29, 0.717) is 17.1 Å². The second-order valence-electron chi connectivity index (χ2n) is 5.43. The molecule has 0 aliphatic heterocycles. The predicted octanol–water partition coefficient (Wildman–Crippen LogP) is 4.60. The SMILES string of the molecule is CCOC(=O)/C=C/c1nc(-c2ccc(C(F)(F)F)cc2)c2ccccn12. The van der Waals surface area contributed by atoms with Gasteiger partial charge in [-0.15, -0.1) is 0 Å². The number of pyridine rings is 1. The summed E-state index contributed by atoms with van der Waals surface area (Å²) < 4.78 is 44.8. The predicted molar refractivity (Wildman–Crippen MR) is 91.3 cm³/mol. The van der Waals surface area contributed by atoms with Crippen LogP contribution in [0.1, 0.15) is 18.3 Å². The highest BCUT2D eigenvalue weighted by molar-refractivity contribution is 5.87. The monoisotopic (exact) mass is 360 g/mol. The van der Waals surface area contributed by atoms with Gasteiger partial charge in [0.2, 0.25) is 0 Å². The van der Waals surface area contributed by atoms with Crippen LogP contribution in [0.25, 0.3) is 22.9 Å². The molecule has 0 unspecified atom stereocenters. The van der Waals surface area contributed by atoms with E-state index in [-0.39, 0.29) is 6.61 Å². The fourth-order valence-electron chi connectivity index (χ4n) is 2.54. The van der Waals surface area contributed by atoms with E-state index in [1.807, 2.05) is 12.1 Å². The van der Waals surface area contributed by atoms with Crippen LogP contribution in [-0.2, 0) is 15.7 Å². The van der Waals surface area contributed by atoms with Gasteiger partial charge in [-0.2, -0.15) is 13.2 Å². The second kappa shape index (κ2) is 7.03. The first-order valence-corrected chi connectivity index (χ1v) is 7.89. The Morgan fingerprint density at radius 1 is 1.19 bits per heavy atom. The summed E-state index contributed by atoms with van der Waals surface area (Å²) in [5, 5.41) is 0. The molecule has 0 N–H and O–H groups in total. The third-order valence-electron chi connectivity index (χ3n) is 3.72. The molecule has 2 heterocycles. The Labute approximate surface area is 147 Å². The molecule has 0 saturated carbocycles. The molecule has 3 aromatic rings. The number of aromatic nitrogens is 2. The molecule has 4 nitrogen and oxygen atoms in total. The van der Waals surface area contributed by atoms with Crippen LogP contribution in [0.3, 0.4) is 0 Å². The lowest BCUT2D eigenvalue weighted by atomic mass is 10.1. The standard InChI is InChI=1S/C19H15F3N2O2/c1-2-26-17(25)11-10-16-23-18(15-5-3-4-12-24(15)16)13-6-8-14(9-7-13)19(20,21)22/h3-12H,2H2,1H3/b11-10+. The van der Waals surface area contributed by atoms with Crippen LogP contribution in [-0.4, -0.2) is 22.0 Å². The third-order valence-corrected chi connectivity index (χ3v) is 3.72. The zero-order valence-corrected chi connectivity index (χ0v) is 13.8. The Hall–Kier alpha value is -3.09. The van der Waals surface area contributed by atoms with Gasteiger partial charge in [-0.25, -0.2) is 9.78 Å². The quantitative estimate of drug-likeness (QED) is 0.505. The number of esters is 1. The van der Waals surface area contributed by atoms with E-state index >= 15 is 0 Å². The van der Waals surface area contributed by atoms with Gasteiger partial charge in [0.15, 0.2) is 0 Å². The molecule has 0 aliphatic rings. The summed E-state index contributed by atoms with van der Waals surface area (Å²) in [6.07, 6.45) is 0.156. The minimum absolute atomic E-state index is 0.266. The van der Waals surface area contributed by atoms with Crippen LogP contribution >= 0.6 is 0 Å². The van der Waals surface area contributed by atoms with Crippen LogP contribution in [0.15, 0.2) is 54.7 Å². The highest BCUT2D eigenvalue weighted by Crippen LogP contribution is 2.32. The number of halogens is 3. The summed E-state index contributed by atoms with van der Waals surface area (Å²) in [5.74, 6) is -0.0141. The minimum Gasteiger partial charge on any atom is -0.463 e. The van der Waals surface area contributed by atoms with Crippen LogP contribution in [0.4, 0.5) is 13.2 Å². The molecule has 26 heavy (non-hydrogen) atoms. The summed E-state index contributed by atoms with van der Waals surface area (Å²) in [7, 11) is 0. The summed E-state index contributed by atoms with van der Waals surface area (Å²) in [5.41, 5.74) is 1.09. The molecule has 7 heteroatoms. The number of hydrogen-bond acceptors (Lipinski definition) is 3. The van der Waals surface area contributed by atoms with Crippen molar-refractivity contribution < 1.29 is 22.7 Å². The Bertz CT molecular complexity index is 957. The Morgan fingerprint density at radius 2 is 1.92 bits per heavy atom. The summed E-state index contributed by atoms with van der Waals surface area (Å²) in [6, 6.07) is 10.2. The van der Waals surface area contributed by atoms with Crippen molar-refractivity contribution in [2.75, 3.05) is 6.61 Å². The van der Waals surface area contributed by atoms with E-state index in [1.54, 1.807) is 23.6 Å². The molecule has 0 spiro atoms. The molecule has 0 aliphatic carbocycles. The van der Waals surface area contributed by atoms with Gasteiger partial charge in [0.1, 0.15) is 5.82 Å². The number of fused-ring (bicyclic) bond motifs is 1. The molecule has 0 fully saturated rings. The van der Waals surface area contributed by atoms with Crippen molar-refractivity contribution in [3.05, 3.63) is 66.1 Å². The average Bonchev–Trinajstić information content (AvgIpc) is 2.98. The van der Waals surface area contributed by atoms with Crippen molar-refractivity contribution in [3.8, 4) is 11.3 Å². The van der Waals surface area contributed by atoms with E-state index in [0.717, 1.165) is 17.6 Å². The number of rotatable bonds is 4. The Kier molecular flexibility index (Phi) is 4.79. The highest BCUT2D eigenvalue weighted by Gasteiger charge is 2.30. The van der Waals surface area contributed by atoms with E-state index in [9.17, 15) is 18.0 Å². The lowest BCUT2D eigenvalue weighted by Gasteiger charge is -2.06. The van der Waals surface area contributed by atoms with Gasteiger partial charge < -0.3 is 4.74 Å². The van der Waals surface area contributed by atoms with Gasteiger partial charge in [-0.1, -0.05) is 18.2 Å². The molecular weight excluding hydrogens is 345 g/mol. The topological polar surface area (TPSA) is 43.6 Å². The number of nitrogens with zero attached hydrogens (tertiary/aromatic N) is 2. The number of ether oxygens (including phenoxy) is 1. The van der Waals surface area contributed by atoms with Crippen LogP contribution in [0, 0.1) is 0 Å². The third kappa shape index (κ3) is 3.61. The molecule has 3 rings (SSSR count). The van der Waals surface area contributed by atoms with E-state index in [4.69, 9.17) is 4.74 Å². The maximum absolute atomic E-state index is 12.7. The van der Waals surface area contributed by atoms with Crippen molar-refractivity contribution in [3.63, 3.8) is 0 Å². The fourth-order valence-corrected chi connectivity index (χ4v) is 2.54. The molecule has 1 aromatic carbocycles. The van der Waals surface area contributed by atoms with Gasteiger partial charge >= 0.3 is 12.1 Å². The first-order chi connectivity index (χ1) is 12.4. The number of alkyl halides is 3. The summed E-state index contributed by atoms with van der Waals surface area (Å²) in [6.45, 7) is 1.97. The van der Waals surface area contributed by atoms with Gasteiger partial charge in [0.25, 0.3) is 0 Å². The average molecular weight is 360 g/mol. The van der Waals surface area contributed by atoms with E-state index in [2.05, 4.69) is 4.98 Å². The lowest BCUT2D eigenvalue weighted by molar-refractivity contribution is -0.138. The number of hydrogen-bond donors (Lipinski definition) is 0. The molecule has 134 valence electrons. The van der Waals surface area contributed by atoms with Gasteiger partial charge in [-0.05, 0) is 37.3 Å². The number of carbonyl (C=O) groups excluding carboxylic acids is 1. The van der Waals surface area contributed by atoms with Gasteiger partial charge in [0, 0.05) is 17.8 Å². The van der Waals surface area contributed by atoms with Gasteiger partial charge in [-0.3, -0.25) is 4.40 Å². The van der Waals surface area contributed by atoms with Crippen LogP contribution < -0.4 is 0 Å². The van der Waals surface area contributed by atoms with E-state index in [1.165, 1.54) is 24.3 Å². The zero-order valence-electron chi connectivity index (χ0n) is 13.8. The smallest absolute Gasteiger partial charge is 0.416 e. The zero-order chi connectivity index (χ0) is 18.7. The molecule has 0 bridgehead atoms. The van der Waals surface area contributed by atoms with Gasteiger partial charge in [0.05, 0.1) is 23.4 Å². The normalized spacial score (nSPS) is 12.0. The highest BCUT2D eigenvalue weighted by atomic mass is 19.4. The minimum atomic E-state index is -4.39. The first kappa shape index (κ1) is 17.7. The van der Waals surface area contributed by atoms with Crippen molar-refractivity contribution in [1.29, 1.82) is 0 Å². The Balaban J connectivity index is 2.03. The maximum atomic E-state index is 12.7. The molecule has 0 amide bonds. The summed E-state index contributed by atoms with van der Waals surface area (Å²) in [4.78, 5) is 16.0. The number of benzene rings is 1. The van der Waals surface area contributed by atoms with Crippen molar-refractivity contribution in [2.24, 2.45) is 0 Å². The molecule has 0 saturated heterocycles.